The van der Waals surface area contributed by atoms with E-state index in [0.29, 0.717) is 25.3 Å². The van der Waals surface area contributed by atoms with Crippen molar-refractivity contribution in [3.63, 3.8) is 0 Å². The number of aryl methyl sites for hydroxylation is 2. The maximum absolute atomic E-state index is 14.8. The fourth-order valence-electron chi connectivity index (χ4n) is 4.07. The zero-order valence-electron chi connectivity index (χ0n) is 18.6. The predicted octanol–water partition coefficient (Wildman–Crippen LogP) is 5.53. The summed E-state index contributed by atoms with van der Waals surface area (Å²) in [5.41, 5.74) is -0.649. The van der Waals surface area contributed by atoms with E-state index in [-0.39, 0.29) is 40.5 Å². The zero-order valence-corrected chi connectivity index (χ0v) is 19.4. The van der Waals surface area contributed by atoms with Crippen molar-refractivity contribution < 1.29 is 27.5 Å². The largest absolute Gasteiger partial charge is 0.389 e. The molecule has 33 heavy (non-hydrogen) atoms. The van der Waals surface area contributed by atoms with Gasteiger partial charge in [-0.2, -0.15) is 18.3 Å². The summed E-state index contributed by atoms with van der Waals surface area (Å²) in [5.74, 6) is -0.792. The summed E-state index contributed by atoms with van der Waals surface area (Å²) in [7, 11) is 0. The molecule has 1 aromatic heterocycles. The Hall–Kier alpha value is -2.13. The fraction of sp³-hybridized carbons (Fsp3) is 0.565. The maximum atomic E-state index is 14.8. The summed E-state index contributed by atoms with van der Waals surface area (Å²) in [6.45, 7) is 4.22. The van der Waals surface area contributed by atoms with Crippen molar-refractivity contribution in [2.45, 2.75) is 70.7 Å². The molecule has 0 aliphatic heterocycles. The Morgan fingerprint density at radius 2 is 2.00 bits per heavy atom. The number of aromatic nitrogens is 2. The zero-order chi connectivity index (χ0) is 24.4. The van der Waals surface area contributed by atoms with Crippen molar-refractivity contribution in [3.05, 3.63) is 40.3 Å². The molecule has 2 N–H and O–H groups in total. The highest BCUT2D eigenvalue weighted by molar-refractivity contribution is 6.36. The van der Waals surface area contributed by atoms with Gasteiger partial charge in [0.15, 0.2) is 5.69 Å². The Morgan fingerprint density at radius 1 is 1.33 bits per heavy atom. The van der Waals surface area contributed by atoms with E-state index in [0.717, 1.165) is 18.9 Å². The van der Waals surface area contributed by atoms with Crippen LogP contribution in [0.5, 0.6) is 0 Å². The number of hydrogen-bond donors (Lipinski definition) is 2. The monoisotopic (exact) mass is 489 g/mol. The molecule has 1 fully saturated rings. The molecule has 5 nitrogen and oxygen atoms in total. The van der Waals surface area contributed by atoms with Crippen molar-refractivity contribution in [1.82, 2.24) is 15.1 Å². The van der Waals surface area contributed by atoms with Crippen molar-refractivity contribution in [1.29, 1.82) is 0 Å². The predicted molar refractivity (Wildman–Crippen MR) is 118 cm³/mol. The lowest BCUT2D eigenvalue weighted by molar-refractivity contribution is -0.134. The van der Waals surface area contributed by atoms with Gasteiger partial charge in [0.2, 0.25) is 0 Å². The Balaban J connectivity index is 1.79. The summed E-state index contributed by atoms with van der Waals surface area (Å²) in [6.07, 6.45) is -2.79. The molecular weight excluding hydrogens is 462 g/mol. The van der Waals surface area contributed by atoms with Gasteiger partial charge in [0.25, 0.3) is 5.91 Å². The number of rotatable bonds is 7. The van der Waals surface area contributed by atoms with Gasteiger partial charge < -0.3 is 10.4 Å². The Bertz CT molecular complexity index is 998. The van der Waals surface area contributed by atoms with Crippen LogP contribution in [0.3, 0.4) is 0 Å². The van der Waals surface area contributed by atoms with Gasteiger partial charge >= 0.3 is 6.18 Å². The molecule has 0 atom stereocenters. The number of nitrogens with one attached hydrogen (secondary N) is 1. The third kappa shape index (κ3) is 6.26. The van der Waals surface area contributed by atoms with Crippen LogP contribution >= 0.6 is 11.6 Å². The van der Waals surface area contributed by atoms with Crippen LogP contribution in [0.15, 0.2) is 18.2 Å². The molecule has 1 aliphatic rings. The van der Waals surface area contributed by atoms with Crippen LogP contribution in [0.25, 0.3) is 11.3 Å². The number of halogens is 5. The van der Waals surface area contributed by atoms with Gasteiger partial charge in [0.1, 0.15) is 5.82 Å². The van der Waals surface area contributed by atoms with Crippen LogP contribution in [0.1, 0.15) is 62.0 Å². The van der Waals surface area contributed by atoms with E-state index >= 15 is 0 Å². The van der Waals surface area contributed by atoms with Crippen LogP contribution in [0, 0.1) is 11.7 Å². The van der Waals surface area contributed by atoms with Gasteiger partial charge in [0.05, 0.1) is 16.3 Å². The normalized spacial score (nSPS) is 21.3. The lowest BCUT2D eigenvalue weighted by Gasteiger charge is -2.34. The molecule has 0 spiro atoms. The molecule has 0 radical (unpaired) electrons. The Labute approximate surface area is 195 Å². The minimum Gasteiger partial charge on any atom is -0.388 e. The minimum absolute atomic E-state index is 0.0454. The first-order valence-electron chi connectivity index (χ1n) is 11.0. The quantitative estimate of drug-likeness (QED) is 0.503. The first-order chi connectivity index (χ1) is 15.4. The first kappa shape index (κ1) is 25.5. The average Bonchev–Trinajstić information content (AvgIpc) is 3.09. The van der Waals surface area contributed by atoms with Gasteiger partial charge in [0, 0.05) is 25.1 Å². The topological polar surface area (TPSA) is 67.2 Å². The van der Waals surface area contributed by atoms with E-state index in [1.807, 2.05) is 0 Å². The van der Waals surface area contributed by atoms with E-state index in [1.54, 1.807) is 6.92 Å². The van der Waals surface area contributed by atoms with E-state index in [9.17, 15) is 27.5 Å². The highest BCUT2D eigenvalue weighted by atomic mass is 35.5. The SMILES string of the molecule is CCn1nc(C(=O)NCC2(O)CCC(C)CC2)c(Cl)c1-c1ccc(CCC(F)(F)F)cc1F. The Morgan fingerprint density at radius 3 is 2.58 bits per heavy atom. The highest BCUT2D eigenvalue weighted by Crippen LogP contribution is 2.34. The molecule has 10 heteroatoms. The molecule has 1 amide bonds. The summed E-state index contributed by atoms with van der Waals surface area (Å²) < 4.78 is 53.6. The third-order valence-electron chi connectivity index (χ3n) is 6.18. The second-order valence-electron chi connectivity index (χ2n) is 8.85. The van der Waals surface area contributed by atoms with Crippen molar-refractivity contribution >= 4 is 17.5 Å². The highest BCUT2D eigenvalue weighted by Gasteiger charge is 2.33. The smallest absolute Gasteiger partial charge is 0.388 e. The molecule has 1 saturated carbocycles. The summed E-state index contributed by atoms with van der Waals surface area (Å²) in [6, 6.07) is 3.81. The van der Waals surface area contributed by atoms with Crippen molar-refractivity contribution in [2.24, 2.45) is 5.92 Å². The van der Waals surface area contributed by atoms with E-state index < -0.39 is 29.9 Å². The van der Waals surface area contributed by atoms with Gasteiger partial charge in [-0.3, -0.25) is 9.48 Å². The third-order valence-corrected chi connectivity index (χ3v) is 6.54. The van der Waals surface area contributed by atoms with Crippen molar-refractivity contribution in [2.75, 3.05) is 6.54 Å². The van der Waals surface area contributed by atoms with Crippen LogP contribution in [0.2, 0.25) is 5.02 Å². The lowest BCUT2D eigenvalue weighted by atomic mass is 9.79. The first-order valence-corrected chi connectivity index (χ1v) is 11.4. The molecule has 2 aromatic rings. The summed E-state index contributed by atoms with van der Waals surface area (Å²) in [4.78, 5) is 12.8. The van der Waals surface area contributed by atoms with Crippen LogP contribution in [0.4, 0.5) is 17.6 Å². The summed E-state index contributed by atoms with van der Waals surface area (Å²) >= 11 is 6.42. The number of carbonyl (C=O) groups is 1. The van der Waals surface area contributed by atoms with E-state index in [2.05, 4.69) is 17.3 Å². The van der Waals surface area contributed by atoms with Crippen molar-refractivity contribution in [3.8, 4) is 11.3 Å². The standard InChI is InChI=1S/C23H28ClF4N3O2/c1-3-31-20(16-5-4-15(12-17(16)25)8-11-23(26,27)28)18(24)19(30-31)21(32)29-13-22(33)9-6-14(2)7-10-22/h4-5,12,14,33H,3,6-11,13H2,1-2H3,(H,29,32). The van der Waals surface area contributed by atoms with Gasteiger partial charge in [-0.15, -0.1) is 0 Å². The second-order valence-corrected chi connectivity index (χ2v) is 9.22. The van der Waals surface area contributed by atoms with Gasteiger partial charge in [-0.25, -0.2) is 4.39 Å². The minimum atomic E-state index is -4.33. The summed E-state index contributed by atoms with van der Waals surface area (Å²) in [5, 5.41) is 17.5. The average molecular weight is 490 g/mol. The molecule has 0 bridgehead atoms. The number of aliphatic hydroxyl groups is 1. The lowest BCUT2D eigenvalue weighted by Crippen LogP contribution is -2.45. The van der Waals surface area contributed by atoms with Crippen LogP contribution < -0.4 is 5.32 Å². The molecule has 1 heterocycles. The molecule has 3 rings (SSSR count). The molecule has 0 unspecified atom stereocenters. The molecule has 1 aromatic carbocycles. The van der Waals surface area contributed by atoms with Gasteiger partial charge in [-0.1, -0.05) is 24.6 Å². The number of carbonyl (C=O) groups excluding carboxylic acids is 1. The number of nitrogens with zero attached hydrogens (tertiary/aromatic N) is 2. The molecular formula is C23H28ClF4N3O2. The maximum Gasteiger partial charge on any atom is 0.389 e. The molecule has 182 valence electrons. The Kier molecular flexibility index (Phi) is 7.73. The van der Waals surface area contributed by atoms with E-state index in [1.165, 1.54) is 16.8 Å². The molecule has 1 aliphatic carbocycles. The molecule has 0 saturated heterocycles. The second kappa shape index (κ2) is 10.0. The number of amides is 1. The number of alkyl halides is 3. The van der Waals surface area contributed by atoms with Crippen LogP contribution in [-0.2, 0) is 13.0 Å². The van der Waals surface area contributed by atoms with Gasteiger partial charge in [-0.05, 0) is 62.6 Å². The number of hydrogen-bond acceptors (Lipinski definition) is 3. The van der Waals surface area contributed by atoms with E-state index in [4.69, 9.17) is 11.6 Å². The van der Waals surface area contributed by atoms with Crippen LogP contribution in [-0.4, -0.2) is 39.1 Å². The number of benzene rings is 1. The fourth-order valence-corrected chi connectivity index (χ4v) is 4.39.